The van der Waals surface area contributed by atoms with E-state index in [4.69, 9.17) is 18.0 Å². The zero-order valence-electron chi connectivity index (χ0n) is 11.3. The minimum atomic E-state index is -0.113. The lowest BCUT2D eigenvalue weighted by molar-refractivity contribution is -0.114. The Morgan fingerprint density at radius 3 is 2.57 bits per heavy atom. The average Bonchev–Trinajstić information content (AvgIpc) is 2.38. The van der Waals surface area contributed by atoms with Gasteiger partial charge in [0.25, 0.3) is 0 Å². The quantitative estimate of drug-likeness (QED) is 0.723. The Labute approximate surface area is 136 Å². The summed E-state index contributed by atoms with van der Waals surface area (Å²) in [5.74, 6) is -0.113. The maximum Gasteiger partial charge on any atom is 0.221 e. The van der Waals surface area contributed by atoms with Crippen LogP contribution in [0.2, 0.25) is 0 Å². The second-order valence-corrected chi connectivity index (χ2v) is 5.80. The first-order valence-electron chi connectivity index (χ1n) is 6.20. The summed E-state index contributed by atoms with van der Waals surface area (Å²) in [7, 11) is 0. The molecular formula is C15H14BrN3OS. The second kappa shape index (κ2) is 6.69. The van der Waals surface area contributed by atoms with Crippen molar-refractivity contribution in [2.45, 2.75) is 6.92 Å². The Bertz CT molecular complexity index is 703. The highest BCUT2D eigenvalue weighted by molar-refractivity contribution is 9.10. The van der Waals surface area contributed by atoms with E-state index in [9.17, 15) is 4.79 Å². The molecule has 4 N–H and O–H groups in total. The molecule has 21 heavy (non-hydrogen) atoms. The molecule has 108 valence electrons. The third kappa shape index (κ3) is 4.27. The number of nitrogens with two attached hydrogens (primary N) is 1. The zero-order chi connectivity index (χ0) is 15.4. The second-order valence-electron chi connectivity index (χ2n) is 4.44. The molecule has 0 unspecified atom stereocenters. The molecule has 0 bridgehead atoms. The van der Waals surface area contributed by atoms with E-state index in [0.717, 1.165) is 27.1 Å². The Kier molecular flexibility index (Phi) is 4.93. The van der Waals surface area contributed by atoms with Crippen molar-refractivity contribution in [2.75, 3.05) is 10.6 Å². The van der Waals surface area contributed by atoms with Crippen molar-refractivity contribution >= 4 is 56.1 Å². The molecule has 0 saturated heterocycles. The van der Waals surface area contributed by atoms with E-state index in [0.29, 0.717) is 4.99 Å². The van der Waals surface area contributed by atoms with Crippen LogP contribution in [0, 0.1) is 0 Å². The van der Waals surface area contributed by atoms with E-state index in [2.05, 4.69) is 26.6 Å². The van der Waals surface area contributed by atoms with Crippen molar-refractivity contribution in [2.24, 2.45) is 5.73 Å². The van der Waals surface area contributed by atoms with Crippen molar-refractivity contribution in [1.82, 2.24) is 0 Å². The predicted molar refractivity (Wildman–Crippen MR) is 94.1 cm³/mol. The van der Waals surface area contributed by atoms with Crippen LogP contribution in [0.15, 0.2) is 46.9 Å². The molecule has 4 nitrogen and oxygen atoms in total. The summed E-state index contributed by atoms with van der Waals surface area (Å²) in [5.41, 5.74) is 8.85. The third-order valence-electron chi connectivity index (χ3n) is 2.71. The fourth-order valence-electron chi connectivity index (χ4n) is 1.87. The van der Waals surface area contributed by atoms with Gasteiger partial charge in [-0.25, -0.2) is 0 Å². The molecule has 0 saturated carbocycles. The summed E-state index contributed by atoms with van der Waals surface area (Å²) in [5, 5.41) is 6.00. The number of hydrogen-bond donors (Lipinski definition) is 3. The van der Waals surface area contributed by atoms with Gasteiger partial charge in [0.15, 0.2) is 0 Å². The minimum Gasteiger partial charge on any atom is -0.389 e. The number of halogens is 1. The van der Waals surface area contributed by atoms with E-state index in [-0.39, 0.29) is 5.91 Å². The lowest BCUT2D eigenvalue weighted by atomic mass is 10.1. The first-order valence-corrected chi connectivity index (χ1v) is 7.40. The lowest BCUT2D eigenvalue weighted by Gasteiger charge is -2.13. The summed E-state index contributed by atoms with van der Waals surface area (Å²) in [4.78, 5) is 11.4. The van der Waals surface area contributed by atoms with E-state index in [1.807, 2.05) is 42.5 Å². The summed E-state index contributed by atoms with van der Waals surface area (Å²) in [6.45, 7) is 1.47. The van der Waals surface area contributed by atoms with Crippen molar-refractivity contribution < 1.29 is 4.79 Å². The van der Waals surface area contributed by atoms with Crippen LogP contribution in [-0.2, 0) is 4.79 Å². The maximum absolute atomic E-state index is 11.1. The lowest BCUT2D eigenvalue weighted by Crippen LogP contribution is -2.12. The summed E-state index contributed by atoms with van der Waals surface area (Å²) >= 11 is 8.48. The maximum atomic E-state index is 11.1. The van der Waals surface area contributed by atoms with Gasteiger partial charge < -0.3 is 16.4 Å². The molecule has 1 amide bonds. The van der Waals surface area contributed by atoms with Crippen molar-refractivity contribution in [3.05, 3.63) is 52.5 Å². The SMILES string of the molecule is CC(=O)Nc1cccc(Nc2cc(Br)ccc2C(N)=S)c1. The molecule has 0 aliphatic heterocycles. The van der Waals surface area contributed by atoms with E-state index in [1.165, 1.54) is 6.92 Å². The van der Waals surface area contributed by atoms with Crippen molar-refractivity contribution in [3.8, 4) is 0 Å². The molecule has 0 fully saturated rings. The van der Waals surface area contributed by atoms with E-state index in [1.54, 1.807) is 0 Å². The Morgan fingerprint density at radius 2 is 1.90 bits per heavy atom. The van der Waals surface area contributed by atoms with Gasteiger partial charge in [0.05, 0.1) is 0 Å². The van der Waals surface area contributed by atoms with Crippen LogP contribution in [0.3, 0.4) is 0 Å². The smallest absolute Gasteiger partial charge is 0.221 e. The van der Waals surface area contributed by atoms with Gasteiger partial charge in [-0.3, -0.25) is 4.79 Å². The van der Waals surface area contributed by atoms with E-state index >= 15 is 0 Å². The number of benzene rings is 2. The highest BCUT2D eigenvalue weighted by Gasteiger charge is 2.07. The standard InChI is InChI=1S/C15H14BrN3OS/c1-9(20)18-11-3-2-4-12(8-11)19-14-7-10(16)5-6-13(14)15(17)21/h2-8,19H,1H3,(H2,17,21)(H,18,20). The third-order valence-corrected chi connectivity index (χ3v) is 3.42. The van der Waals surface area contributed by atoms with Crippen molar-refractivity contribution in [3.63, 3.8) is 0 Å². The van der Waals surface area contributed by atoms with Crippen LogP contribution in [0.5, 0.6) is 0 Å². The number of rotatable bonds is 4. The normalized spacial score (nSPS) is 10.0. The molecule has 0 aliphatic carbocycles. The van der Waals surface area contributed by atoms with Gasteiger partial charge in [0, 0.05) is 34.0 Å². The van der Waals surface area contributed by atoms with E-state index < -0.39 is 0 Å². The number of thiocarbonyl (C=S) groups is 1. The topological polar surface area (TPSA) is 67.2 Å². The summed E-state index contributed by atoms with van der Waals surface area (Å²) in [6, 6.07) is 13.1. The van der Waals surface area contributed by atoms with Gasteiger partial charge in [0.2, 0.25) is 5.91 Å². The largest absolute Gasteiger partial charge is 0.389 e. The molecule has 0 atom stereocenters. The number of hydrogen-bond acceptors (Lipinski definition) is 3. The summed E-state index contributed by atoms with van der Waals surface area (Å²) < 4.78 is 0.919. The highest BCUT2D eigenvalue weighted by Crippen LogP contribution is 2.26. The first kappa shape index (κ1) is 15.5. The molecule has 2 aromatic carbocycles. The summed E-state index contributed by atoms with van der Waals surface area (Å²) in [6.07, 6.45) is 0. The molecule has 2 rings (SSSR count). The molecule has 2 aromatic rings. The average molecular weight is 364 g/mol. The number of nitrogens with one attached hydrogen (secondary N) is 2. The van der Waals surface area contributed by atoms with Crippen LogP contribution in [0.25, 0.3) is 0 Å². The van der Waals surface area contributed by atoms with Crippen molar-refractivity contribution in [1.29, 1.82) is 0 Å². The first-order chi connectivity index (χ1) is 9.95. The molecule has 0 aliphatic rings. The molecule has 0 heterocycles. The fraction of sp³-hybridized carbons (Fsp3) is 0.0667. The van der Waals surface area contributed by atoms with Gasteiger partial charge in [0.1, 0.15) is 4.99 Å². The zero-order valence-corrected chi connectivity index (χ0v) is 13.7. The number of anilines is 3. The van der Waals surface area contributed by atoms with Gasteiger partial charge >= 0.3 is 0 Å². The van der Waals surface area contributed by atoms with Gasteiger partial charge in [-0.05, 0) is 36.4 Å². The van der Waals surface area contributed by atoms with Gasteiger partial charge in [-0.1, -0.05) is 34.2 Å². The minimum absolute atomic E-state index is 0.113. The van der Waals surface area contributed by atoms with Crippen LogP contribution in [0.4, 0.5) is 17.1 Å². The van der Waals surface area contributed by atoms with Crippen LogP contribution >= 0.6 is 28.1 Å². The number of amides is 1. The highest BCUT2D eigenvalue weighted by atomic mass is 79.9. The van der Waals surface area contributed by atoms with Crippen LogP contribution < -0.4 is 16.4 Å². The van der Waals surface area contributed by atoms with Gasteiger partial charge in [-0.15, -0.1) is 0 Å². The number of carbonyl (C=O) groups is 1. The van der Waals surface area contributed by atoms with Gasteiger partial charge in [-0.2, -0.15) is 0 Å². The van der Waals surface area contributed by atoms with Crippen LogP contribution in [0.1, 0.15) is 12.5 Å². The Balaban J connectivity index is 2.31. The Morgan fingerprint density at radius 1 is 1.19 bits per heavy atom. The Hall–Kier alpha value is -1.92. The molecular weight excluding hydrogens is 350 g/mol. The molecule has 0 aromatic heterocycles. The number of carbonyl (C=O) groups excluding carboxylic acids is 1. The van der Waals surface area contributed by atoms with Crippen LogP contribution in [-0.4, -0.2) is 10.9 Å². The predicted octanol–water partition coefficient (Wildman–Crippen LogP) is 3.79. The molecule has 0 spiro atoms. The molecule has 0 radical (unpaired) electrons. The monoisotopic (exact) mass is 363 g/mol. The fourth-order valence-corrected chi connectivity index (χ4v) is 2.41. The molecule has 6 heteroatoms.